The Balaban J connectivity index is 2.64. The van der Waals surface area contributed by atoms with Crippen molar-refractivity contribution in [2.75, 3.05) is 11.9 Å². The lowest BCUT2D eigenvalue weighted by atomic mass is 10.0. The molecule has 4 heteroatoms. The summed E-state index contributed by atoms with van der Waals surface area (Å²) in [6.45, 7) is 5.95. The van der Waals surface area contributed by atoms with Crippen LogP contribution in [0, 0.1) is 13.8 Å². The number of anilines is 1. The molecule has 17 heavy (non-hydrogen) atoms. The molecule has 1 heterocycles. The summed E-state index contributed by atoms with van der Waals surface area (Å²) in [5, 5.41) is 0. The summed E-state index contributed by atoms with van der Waals surface area (Å²) in [6.07, 6.45) is 0.337. The number of likely N-dealkylation sites (N-methyl/N-ethyl adjacent to an activating group) is 1. The van der Waals surface area contributed by atoms with Crippen LogP contribution < -0.4 is 9.64 Å². The van der Waals surface area contributed by atoms with Crippen molar-refractivity contribution in [3.63, 3.8) is 0 Å². The van der Waals surface area contributed by atoms with Crippen LogP contribution in [0.3, 0.4) is 0 Å². The quantitative estimate of drug-likeness (QED) is 0.797. The highest BCUT2D eigenvalue weighted by Gasteiger charge is 2.33. The number of carbonyl (C=O) groups excluding carboxylic acids is 1. The van der Waals surface area contributed by atoms with Crippen LogP contribution in [0.4, 0.5) is 5.69 Å². The molecule has 0 aromatic heterocycles. The smallest absolute Gasteiger partial charge is 0.267 e. The maximum absolute atomic E-state index is 12.1. The van der Waals surface area contributed by atoms with E-state index in [-0.39, 0.29) is 12.0 Å². The Bertz CT molecular complexity index is 485. The van der Waals surface area contributed by atoms with E-state index in [1.807, 2.05) is 33.9 Å². The van der Waals surface area contributed by atoms with Crippen LogP contribution in [0.1, 0.15) is 24.5 Å². The van der Waals surface area contributed by atoms with Crippen LogP contribution in [0.15, 0.2) is 10.5 Å². The summed E-state index contributed by atoms with van der Waals surface area (Å²) in [5.74, 6) is 0.861. The molecule has 0 aliphatic carbocycles. The van der Waals surface area contributed by atoms with E-state index in [0.29, 0.717) is 6.42 Å². The molecule has 3 nitrogen and oxygen atoms in total. The third-order valence-electron chi connectivity index (χ3n) is 3.20. The Morgan fingerprint density at radius 2 is 2.12 bits per heavy atom. The summed E-state index contributed by atoms with van der Waals surface area (Å²) >= 11 is 3.51. The van der Waals surface area contributed by atoms with Gasteiger partial charge in [-0.25, -0.2) is 0 Å². The Morgan fingerprint density at radius 1 is 1.47 bits per heavy atom. The number of halogens is 1. The zero-order valence-corrected chi connectivity index (χ0v) is 12.1. The van der Waals surface area contributed by atoms with Gasteiger partial charge in [-0.2, -0.15) is 0 Å². The third-order valence-corrected chi connectivity index (χ3v) is 4.03. The fourth-order valence-electron chi connectivity index (χ4n) is 2.16. The van der Waals surface area contributed by atoms with E-state index in [0.717, 1.165) is 27.0 Å². The second kappa shape index (κ2) is 4.33. The van der Waals surface area contributed by atoms with Crippen LogP contribution in [0.5, 0.6) is 5.75 Å². The SMILES string of the molecule is CCC1Oc2c(C)cc(Br)c(C)c2N(C)C1=O. The van der Waals surface area contributed by atoms with Gasteiger partial charge in [0.2, 0.25) is 0 Å². The van der Waals surface area contributed by atoms with Gasteiger partial charge in [0.25, 0.3) is 5.91 Å². The summed E-state index contributed by atoms with van der Waals surface area (Å²) in [4.78, 5) is 13.8. The van der Waals surface area contributed by atoms with Crippen LogP contribution in [-0.2, 0) is 4.79 Å². The first-order valence-electron chi connectivity index (χ1n) is 5.71. The third kappa shape index (κ3) is 1.84. The highest BCUT2D eigenvalue weighted by molar-refractivity contribution is 9.10. The van der Waals surface area contributed by atoms with Crippen molar-refractivity contribution in [1.82, 2.24) is 0 Å². The number of amides is 1. The average Bonchev–Trinajstić information content (AvgIpc) is 2.29. The molecule has 1 atom stereocenters. The van der Waals surface area contributed by atoms with E-state index < -0.39 is 0 Å². The fourth-order valence-corrected chi connectivity index (χ4v) is 2.69. The largest absolute Gasteiger partial charge is 0.478 e. The van der Waals surface area contributed by atoms with Crippen molar-refractivity contribution < 1.29 is 9.53 Å². The zero-order chi connectivity index (χ0) is 12.7. The summed E-state index contributed by atoms with van der Waals surface area (Å²) in [7, 11) is 1.81. The molecule has 1 aromatic rings. The molecule has 1 unspecified atom stereocenters. The van der Waals surface area contributed by atoms with Gasteiger partial charge in [-0.1, -0.05) is 22.9 Å². The fraction of sp³-hybridized carbons (Fsp3) is 0.462. The molecule has 0 fully saturated rings. The first-order chi connectivity index (χ1) is 7.97. The van der Waals surface area contributed by atoms with Gasteiger partial charge in [0.1, 0.15) is 5.75 Å². The Kier molecular flexibility index (Phi) is 3.17. The van der Waals surface area contributed by atoms with Gasteiger partial charge in [0, 0.05) is 11.5 Å². The molecule has 0 radical (unpaired) electrons. The molecule has 2 rings (SSSR count). The molecule has 0 N–H and O–H groups in total. The number of nitrogens with zero attached hydrogens (tertiary/aromatic N) is 1. The molecule has 0 spiro atoms. The van der Waals surface area contributed by atoms with Crippen molar-refractivity contribution >= 4 is 27.5 Å². The lowest BCUT2D eigenvalue weighted by Crippen LogP contribution is -2.44. The van der Waals surface area contributed by atoms with E-state index >= 15 is 0 Å². The molecule has 1 aromatic carbocycles. The topological polar surface area (TPSA) is 29.5 Å². The lowest BCUT2D eigenvalue weighted by Gasteiger charge is -2.34. The van der Waals surface area contributed by atoms with Crippen molar-refractivity contribution in [1.29, 1.82) is 0 Å². The molecule has 92 valence electrons. The summed E-state index contributed by atoms with van der Waals surface area (Å²) < 4.78 is 6.82. The average molecular weight is 298 g/mol. The highest BCUT2D eigenvalue weighted by atomic mass is 79.9. The van der Waals surface area contributed by atoms with Crippen molar-refractivity contribution in [2.24, 2.45) is 0 Å². The predicted octanol–water partition coefficient (Wildman–Crippen LogP) is 3.20. The minimum atomic E-state index is -0.355. The highest BCUT2D eigenvalue weighted by Crippen LogP contribution is 2.42. The maximum atomic E-state index is 12.1. The molecule has 1 aliphatic heterocycles. The minimum absolute atomic E-state index is 0.0283. The van der Waals surface area contributed by atoms with Gasteiger partial charge < -0.3 is 9.64 Å². The summed E-state index contributed by atoms with van der Waals surface area (Å²) in [6, 6.07) is 2.03. The lowest BCUT2D eigenvalue weighted by molar-refractivity contribution is -0.126. The number of hydrogen-bond acceptors (Lipinski definition) is 2. The minimum Gasteiger partial charge on any atom is -0.478 e. The van der Waals surface area contributed by atoms with Gasteiger partial charge >= 0.3 is 0 Å². The molecule has 0 saturated heterocycles. The number of rotatable bonds is 1. The van der Waals surface area contributed by atoms with Crippen LogP contribution >= 0.6 is 15.9 Å². The van der Waals surface area contributed by atoms with E-state index in [4.69, 9.17) is 4.74 Å². The first kappa shape index (κ1) is 12.4. The van der Waals surface area contributed by atoms with Crippen LogP contribution in [0.25, 0.3) is 0 Å². The van der Waals surface area contributed by atoms with Gasteiger partial charge in [0.15, 0.2) is 6.10 Å². The van der Waals surface area contributed by atoms with Crippen LogP contribution in [-0.4, -0.2) is 19.1 Å². The molecule has 0 bridgehead atoms. The van der Waals surface area contributed by atoms with Crippen LogP contribution in [0.2, 0.25) is 0 Å². The van der Waals surface area contributed by atoms with Crippen molar-refractivity contribution in [2.45, 2.75) is 33.3 Å². The predicted molar refractivity (Wildman–Crippen MR) is 71.7 cm³/mol. The molecule has 0 saturated carbocycles. The molecule has 1 amide bonds. The number of hydrogen-bond donors (Lipinski definition) is 0. The second-order valence-electron chi connectivity index (χ2n) is 4.39. The van der Waals surface area contributed by atoms with Crippen molar-refractivity contribution in [3.8, 4) is 5.75 Å². The number of carbonyl (C=O) groups is 1. The number of fused-ring (bicyclic) bond motifs is 1. The van der Waals surface area contributed by atoms with E-state index in [9.17, 15) is 4.79 Å². The standard InChI is InChI=1S/C13H16BrNO2/c1-5-10-13(16)15(4)11-8(3)9(14)6-7(2)12(11)17-10/h6,10H,5H2,1-4H3. The van der Waals surface area contributed by atoms with E-state index in [2.05, 4.69) is 15.9 Å². The van der Waals surface area contributed by atoms with Gasteiger partial charge in [-0.3, -0.25) is 4.79 Å². The molecular formula is C13H16BrNO2. The number of benzene rings is 1. The van der Waals surface area contributed by atoms with E-state index in [1.165, 1.54) is 0 Å². The van der Waals surface area contributed by atoms with Gasteiger partial charge in [-0.05, 0) is 37.5 Å². The molecule has 1 aliphatic rings. The number of aryl methyl sites for hydroxylation is 1. The van der Waals surface area contributed by atoms with Gasteiger partial charge in [0.05, 0.1) is 5.69 Å². The Labute approximate surface area is 110 Å². The monoisotopic (exact) mass is 297 g/mol. The normalized spacial score (nSPS) is 19.0. The molecular weight excluding hydrogens is 282 g/mol. The Hall–Kier alpha value is -1.03. The maximum Gasteiger partial charge on any atom is 0.267 e. The van der Waals surface area contributed by atoms with Gasteiger partial charge in [-0.15, -0.1) is 0 Å². The summed E-state index contributed by atoms with van der Waals surface area (Å²) in [5.41, 5.74) is 2.97. The second-order valence-corrected chi connectivity index (χ2v) is 5.24. The zero-order valence-electron chi connectivity index (χ0n) is 10.5. The first-order valence-corrected chi connectivity index (χ1v) is 6.50. The van der Waals surface area contributed by atoms with E-state index in [1.54, 1.807) is 4.90 Å². The Morgan fingerprint density at radius 3 is 2.71 bits per heavy atom. The van der Waals surface area contributed by atoms with Crippen molar-refractivity contribution in [3.05, 3.63) is 21.7 Å². The number of ether oxygens (including phenoxy) is 1.